The summed E-state index contributed by atoms with van der Waals surface area (Å²) in [5.41, 5.74) is 2.35. The zero-order chi connectivity index (χ0) is 17.1. The van der Waals surface area contributed by atoms with E-state index in [1.165, 1.54) is 5.56 Å². The molecule has 1 aliphatic rings. The molecule has 2 amide bonds. The Hall–Kier alpha value is -1.81. The number of carbonyl (C=O) groups excluding carboxylic acids is 1. The lowest BCUT2D eigenvalue weighted by molar-refractivity contribution is 0.148. The predicted molar refractivity (Wildman–Crippen MR) is 96.2 cm³/mol. The van der Waals surface area contributed by atoms with Gasteiger partial charge >= 0.3 is 6.03 Å². The van der Waals surface area contributed by atoms with Gasteiger partial charge in [-0.2, -0.15) is 0 Å². The van der Waals surface area contributed by atoms with Crippen molar-refractivity contribution in [3.8, 4) is 0 Å². The van der Waals surface area contributed by atoms with Crippen LogP contribution in [0.1, 0.15) is 51.7 Å². The molecule has 1 aliphatic heterocycles. The van der Waals surface area contributed by atoms with Crippen LogP contribution >= 0.6 is 0 Å². The van der Waals surface area contributed by atoms with Crippen molar-refractivity contribution in [1.82, 2.24) is 16.0 Å². The van der Waals surface area contributed by atoms with Crippen molar-refractivity contribution in [2.24, 2.45) is 0 Å². The quantitative estimate of drug-likeness (QED) is 0.798. The van der Waals surface area contributed by atoms with Gasteiger partial charge in [-0.05, 0) is 59.1 Å². The minimum Gasteiger partial charge on any atom is -0.335 e. The number of rotatable bonds is 3. The minimum atomic E-state index is -0.146. The van der Waals surface area contributed by atoms with Gasteiger partial charge < -0.3 is 16.0 Å². The zero-order valence-corrected chi connectivity index (χ0v) is 14.9. The largest absolute Gasteiger partial charge is 0.335 e. The van der Waals surface area contributed by atoms with Crippen molar-refractivity contribution in [3.05, 3.63) is 41.6 Å². The molecule has 0 atom stereocenters. The third-order valence-corrected chi connectivity index (χ3v) is 4.09. The molecule has 1 fully saturated rings. The highest BCUT2D eigenvalue weighted by Gasteiger charge is 2.38. The molecule has 126 valence electrons. The van der Waals surface area contributed by atoms with Crippen molar-refractivity contribution in [2.45, 2.75) is 64.6 Å². The summed E-state index contributed by atoms with van der Waals surface area (Å²) in [4.78, 5) is 12.1. The van der Waals surface area contributed by atoms with Crippen molar-refractivity contribution >= 4 is 12.1 Å². The molecule has 0 unspecified atom stereocenters. The summed E-state index contributed by atoms with van der Waals surface area (Å²) < 4.78 is 0. The molecule has 0 radical (unpaired) electrons. The van der Waals surface area contributed by atoms with Crippen molar-refractivity contribution in [3.63, 3.8) is 0 Å². The SMILES string of the molecule is Cc1ccc(/C=C/NC(=O)NC2CC(C)(C)NC(C)(C)C2)cc1. The van der Waals surface area contributed by atoms with E-state index >= 15 is 0 Å². The van der Waals surface area contributed by atoms with Crippen molar-refractivity contribution < 1.29 is 4.79 Å². The average molecular weight is 315 g/mol. The van der Waals surface area contributed by atoms with E-state index in [0.29, 0.717) is 0 Å². The number of piperidine rings is 1. The van der Waals surface area contributed by atoms with Crippen LogP contribution in [0.5, 0.6) is 0 Å². The monoisotopic (exact) mass is 315 g/mol. The Labute approximate surface area is 139 Å². The zero-order valence-electron chi connectivity index (χ0n) is 14.9. The first kappa shape index (κ1) is 17.5. The Morgan fingerprint density at radius 3 is 2.26 bits per heavy atom. The molecule has 3 N–H and O–H groups in total. The molecule has 0 saturated carbocycles. The molecule has 23 heavy (non-hydrogen) atoms. The van der Waals surface area contributed by atoms with Gasteiger partial charge in [-0.1, -0.05) is 29.8 Å². The molecule has 2 rings (SSSR count). The van der Waals surface area contributed by atoms with Crippen LogP contribution in [-0.2, 0) is 0 Å². The lowest BCUT2D eigenvalue weighted by atomic mass is 9.80. The Kier molecular flexibility index (Phi) is 5.15. The van der Waals surface area contributed by atoms with Gasteiger partial charge in [0.05, 0.1) is 0 Å². The fourth-order valence-corrected chi connectivity index (χ4v) is 3.54. The first-order valence-electron chi connectivity index (χ1n) is 8.25. The van der Waals surface area contributed by atoms with Crippen LogP contribution in [0.25, 0.3) is 6.08 Å². The van der Waals surface area contributed by atoms with E-state index in [2.05, 4.69) is 62.7 Å². The molecule has 0 aromatic heterocycles. The highest BCUT2D eigenvalue weighted by Crippen LogP contribution is 2.28. The first-order chi connectivity index (χ1) is 10.7. The molecule has 0 bridgehead atoms. The van der Waals surface area contributed by atoms with Gasteiger partial charge in [-0.25, -0.2) is 4.79 Å². The summed E-state index contributed by atoms with van der Waals surface area (Å²) in [5, 5.41) is 9.50. The number of urea groups is 1. The summed E-state index contributed by atoms with van der Waals surface area (Å²) in [7, 11) is 0. The molecular weight excluding hydrogens is 286 g/mol. The molecule has 4 heteroatoms. The predicted octanol–water partition coefficient (Wildman–Crippen LogP) is 3.57. The second kappa shape index (κ2) is 6.75. The topological polar surface area (TPSA) is 53.2 Å². The van der Waals surface area contributed by atoms with Gasteiger partial charge in [0.15, 0.2) is 0 Å². The summed E-state index contributed by atoms with van der Waals surface area (Å²) >= 11 is 0. The van der Waals surface area contributed by atoms with Gasteiger partial charge in [0.25, 0.3) is 0 Å². The van der Waals surface area contributed by atoms with E-state index in [1.807, 2.05) is 18.2 Å². The van der Waals surface area contributed by atoms with Crippen LogP contribution < -0.4 is 16.0 Å². The van der Waals surface area contributed by atoms with Crippen LogP contribution in [0.2, 0.25) is 0 Å². The number of amides is 2. The molecule has 4 nitrogen and oxygen atoms in total. The second-order valence-electron chi connectivity index (χ2n) is 7.86. The second-order valence-corrected chi connectivity index (χ2v) is 7.86. The molecule has 0 aliphatic carbocycles. The lowest BCUT2D eigenvalue weighted by Crippen LogP contribution is -2.62. The Balaban J connectivity index is 1.86. The molecule has 1 saturated heterocycles. The molecule has 1 aromatic rings. The van der Waals surface area contributed by atoms with E-state index in [9.17, 15) is 4.79 Å². The number of nitrogens with one attached hydrogen (secondary N) is 3. The lowest BCUT2D eigenvalue weighted by Gasteiger charge is -2.46. The fraction of sp³-hybridized carbons (Fsp3) is 0.526. The van der Waals surface area contributed by atoms with Crippen LogP contribution in [0, 0.1) is 6.92 Å². The Bertz CT molecular complexity index is 557. The van der Waals surface area contributed by atoms with Crippen molar-refractivity contribution in [1.29, 1.82) is 0 Å². The number of aryl methyl sites for hydroxylation is 1. The third kappa shape index (κ3) is 5.71. The maximum Gasteiger partial charge on any atom is 0.318 e. The molecule has 1 heterocycles. The van der Waals surface area contributed by atoms with E-state index in [4.69, 9.17) is 0 Å². The van der Waals surface area contributed by atoms with E-state index in [-0.39, 0.29) is 23.2 Å². The van der Waals surface area contributed by atoms with Crippen LogP contribution in [0.15, 0.2) is 30.5 Å². The highest BCUT2D eigenvalue weighted by atomic mass is 16.2. The standard InChI is InChI=1S/C19H29N3O/c1-14-6-8-15(9-7-14)10-11-20-17(23)21-16-12-18(2,3)22-19(4,5)13-16/h6-11,16,22H,12-13H2,1-5H3,(H2,20,21,23)/b11-10+. The number of hydrogen-bond donors (Lipinski definition) is 3. The average Bonchev–Trinajstić information content (AvgIpc) is 2.37. The van der Waals surface area contributed by atoms with Crippen LogP contribution in [0.4, 0.5) is 4.79 Å². The van der Waals surface area contributed by atoms with Crippen LogP contribution in [0.3, 0.4) is 0 Å². The van der Waals surface area contributed by atoms with E-state index < -0.39 is 0 Å². The number of hydrogen-bond acceptors (Lipinski definition) is 2. The summed E-state index contributed by atoms with van der Waals surface area (Å²) in [6.07, 6.45) is 5.43. The third-order valence-electron chi connectivity index (χ3n) is 4.09. The Morgan fingerprint density at radius 2 is 1.70 bits per heavy atom. The smallest absolute Gasteiger partial charge is 0.318 e. The normalized spacial score (nSPS) is 20.4. The van der Waals surface area contributed by atoms with Gasteiger partial charge in [-0.15, -0.1) is 0 Å². The fourth-order valence-electron chi connectivity index (χ4n) is 3.54. The maximum atomic E-state index is 12.1. The molecule has 1 aromatic carbocycles. The summed E-state index contributed by atoms with van der Waals surface area (Å²) in [6.45, 7) is 10.8. The molecular formula is C19H29N3O. The van der Waals surface area contributed by atoms with Gasteiger partial charge in [-0.3, -0.25) is 0 Å². The highest BCUT2D eigenvalue weighted by molar-refractivity contribution is 5.76. The van der Waals surface area contributed by atoms with E-state index in [1.54, 1.807) is 6.20 Å². The minimum absolute atomic E-state index is 0.0252. The van der Waals surface area contributed by atoms with Gasteiger partial charge in [0, 0.05) is 23.3 Å². The van der Waals surface area contributed by atoms with Crippen molar-refractivity contribution in [2.75, 3.05) is 0 Å². The number of benzene rings is 1. The summed E-state index contributed by atoms with van der Waals surface area (Å²) in [6, 6.07) is 8.20. The van der Waals surface area contributed by atoms with Crippen LogP contribution in [-0.4, -0.2) is 23.2 Å². The maximum absolute atomic E-state index is 12.1. The van der Waals surface area contributed by atoms with Gasteiger partial charge in [0.2, 0.25) is 0 Å². The van der Waals surface area contributed by atoms with E-state index in [0.717, 1.165) is 18.4 Å². The number of carbonyl (C=O) groups is 1. The molecule has 0 spiro atoms. The first-order valence-corrected chi connectivity index (χ1v) is 8.25. The summed E-state index contributed by atoms with van der Waals surface area (Å²) in [5.74, 6) is 0. The Morgan fingerprint density at radius 1 is 1.13 bits per heavy atom. The van der Waals surface area contributed by atoms with Gasteiger partial charge in [0.1, 0.15) is 0 Å².